The van der Waals surface area contributed by atoms with Gasteiger partial charge in [0.05, 0.1) is 5.41 Å². The fourth-order valence-corrected chi connectivity index (χ4v) is 3.51. The van der Waals surface area contributed by atoms with E-state index in [1.807, 2.05) is 0 Å². The van der Waals surface area contributed by atoms with Gasteiger partial charge in [-0.25, -0.2) is 8.78 Å². The number of likely N-dealkylation sites (tertiary alicyclic amines) is 1. The minimum atomic E-state index is -0.824. The van der Waals surface area contributed by atoms with Gasteiger partial charge in [-0.05, 0) is 30.0 Å². The molecule has 0 unspecified atom stereocenters. The largest absolute Gasteiger partial charge is 0.356 e. The maximum Gasteiger partial charge on any atom is 0.227 e. The molecular formula is C15H18F2N2O. The van der Waals surface area contributed by atoms with Crippen molar-refractivity contribution in [1.82, 2.24) is 10.2 Å². The average Bonchev–Trinajstić information content (AvgIpc) is 2.91. The van der Waals surface area contributed by atoms with Crippen LogP contribution in [0, 0.1) is 23.0 Å². The summed E-state index contributed by atoms with van der Waals surface area (Å²) in [4.78, 5) is 14.2. The van der Waals surface area contributed by atoms with E-state index in [1.165, 1.54) is 6.07 Å². The van der Waals surface area contributed by atoms with Crippen molar-refractivity contribution in [3.05, 3.63) is 35.4 Å². The maximum atomic E-state index is 13.2. The summed E-state index contributed by atoms with van der Waals surface area (Å²) >= 11 is 0. The first-order valence-corrected chi connectivity index (χ1v) is 6.96. The Hall–Kier alpha value is -1.49. The first-order chi connectivity index (χ1) is 9.51. The summed E-state index contributed by atoms with van der Waals surface area (Å²) in [6.07, 6.45) is 0.862. The van der Waals surface area contributed by atoms with Crippen molar-refractivity contribution in [2.45, 2.75) is 19.9 Å². The molecule has 2 aliphatic rings. The molecule has 0 aliphatic carbocycles. The molecule has 1 aromatic rings. The highest BCUT2D eigenvalue weighted by Gasteiger charge is 2.51. The lowest BCUT2D eigenvalue weighted by Gasteiger charge is -2.24. The van der Waals surface area contributed by atoms with Crippen LogP contribution in [0.5, 0.6) is 0 Å². The SMILES string of the molecule is C[C@@H]1CN(Cc2ccc(F)c(F)c2)C[C@]12CCNC2=O. The summed E-state index contributed by atoms with van der Waals surface area (Å²) in [5.74, 6) is -1.22. The number of hydrogen-bond donors (Lipinski definition) is 1. The molecule has 0 aromatic heterocycles. The number of halogens is 2. The van der Waals surface area contributed by atoms with Crippen molar-refractivity contribution in [1.29, 1.82) is 0 Å². The Kier molecular flexibility index (Phi) is 3.24. The highest BCUT2D eigenvalue weighted by atomic mass is 19.2. The molecule has 108 valence electrons. The Morgan fingerprint density at radius 1 is 1.40 bits per heavy atom. The quantitative estimate of drug-likeness (QED) is 0.897. The number of carbonyl (C=O) groups excluding carboxylic acids is 1. The van der Waals surface area contributed by atoms with Crippen LogP contribution in [0.4, 0.5) is 8.78 Å². The molecule has 2 heterocycles. The van der Waals surface area contributed by atoms with Gasteiger partial charge in [0.1, 0.15) is 0 Å². The third kappa shape index (κ3) is 2.10. The fourth-order valence-electron chi connectivity index (χ4n) is 3.51. The van der Waals surface area contributed by atoms with Gasteiger partial charge in [0.15, 0.2) is 11.6 Å². The second-order valence-electron chi connectivity index (χ2n) is 5.98. The standard InChI is InChI=1S/C15H18F2N2O/c1-10-7-19(9-15(10)4-5-18-14(15)20)8-11-2-3-12(16)13(17)6-11/h2-3,6,10H,4-5,7-9H2,1H3,(H,18,20)/t10-,15-/m1/s1. The molecule has 1 amide bonds. The predicted molar refractivity (Wildman–Crippen MR) is 70.9 cm³/mol. The molecule has 20 heavy (non-hydrogen) atoms. The van der Waals surface area contributed by atoms with Crippen LogP contribution >= 0.6 is 0 Å². The van der Waals surface area contributed by atoms with Crippen molar-refractivity contribution in [2.75, 3.05) is 19.6 Å². The van der Waals surface area contributed by atoms with Crippen LogP contribution in [0.2, 0.25) is 0 Å². The van der Waals surface area contributed by atoms with Gasteiger partial charge in [0, 0.05) is 26.2 Å². The third-order valence-corrected chi connectivity index (χ3v) is 4.68. The van der Waals surface area contributed by atoms with Crippen molar-refractivity contribution in [3.63, 3.8) is 0 Å². The van der Waals surface area contributed by atoms with Crippen LogP contribution in [0.15, 0.2) is 18.2 Å². The molecule has 1 spiro atoms. The molecule has 0 saturated carbocycles. The molecule has 5 heteroatoms. The molecule has 0 radical (unpaired) electrons. The Morgan fingerprint density at radius 3 is 2.85 bits per heavy atom. The number of amides is 1. The summed E-state index contributed by atoms with van der Waals surface area (Å²) in [5.41, 5.74) is 0.449. The lowest BCUT2D eigenvalue weighted by molar-refractivity contribution is -0.128. The third-order valence-electron chi connectivity index (χ3n) is 4.68. The van der Waals surface area contributed by atoms with E-state index in [4.69, 9.17) is 0 Å². The normalized spacial score (nSPS) is 30.1. The van der Waals surface area contributed by atoms with Crippen LogP contribution in [-0.2, 0) is 11.3 Å². The first kappa shape index (κ1) is 13.5. The molecule has 1 aromatic carbocycles. The maximum absolute atomic E-state index is 13.2. The number of nitrogens with one attached hydrogen (secondary N) is 1. The van der Waals surface area contributed by atoms with E-state index >= 15 is 0 Å². The monoisotopic (exact) mass is 280 g/mol. The fraction of sp³-hybridized carbons (Fsp3) is 0.533. The van der Waals surface area contributed by atoms with E-state index in [9.17, 15) is 13.6 Å². The van der Waals surface area contributed by atoms with Gasteiger partial charge < -0.3 is 5.32 Å². The Labute approximate surface area is 117 Å². The van der Waals surface area contributed by atoms with Crippen LogP contribution < -0.4 is 5.32 Å². The lowest BCUT2D eigenvalue weighted by atomic mass is 9.78. The van der Waals surface area contributed by atoms with Crippen LogP contribution in [0.3, 0.4) is 0 Å². The van der Waals surface area contributed by atoms with E-state index in [-0.39, 0.29) is 17.2 Å². The summed E-state index contributed by atoms with van der Waals surface area (Å²) in [6, 6.07) is 3.99. The second kappa shape index (κ2) is 4.81. The van der Waals surface area contributed by atoms with Gasteiger partial charge in [-0.15, -0.1) is 0 Å². The molecule has 2 atom stereocenters. The number of nitrogens with zero attached hydrogens (tertiary/aromatic N) is 1. The van der Waals surface area contributed by atoms with Crippen LogP contribution in [-0.4, -0.2) is 30.4 Å². The van der Waals surface area contributed by atoms with E-state index in [2.05, 4.69) is 17.1 Å². The van der Waals surface area contributed by atoms with E-state index in [1.54, 1.807) is 6.07 Å². The van der Waals surface area contributed by atoms with Gasteiger partial charge in [-0.3, -0.25) is 9.69 Å². The Balaban J connectivity index is 1.74. The molecule has 1 N–H and O–H groups in total. The van der Waals surface area contributed by atoms with Crippen LogP contribution in [0.1, 0.15) is 18.9 Å². The molecule has 2 aliphatic heterocycles. The Bertz CT molecular complexity index is 549. The Morgan fingerprint density at radius 2 is 2.20 bits per heavy atom. The van der Waals surface area contributed by atoms with Gasteiger partial charge in [-0.1, -0.05) is 13.0 Å². The van der Waals surface area contributed by atoms with E-state index in [0.717, 1.165) is 31.1 Å². The van der Waals surface area contributed by atoms with Gasteiger partial charge >= 0.3 is 0 Å². The number of hydrogen-bond acceptors (Lipinski definition) is 2. The van der Waals surface area contributed by atoms with Crippen molar-refractivity contribution in [2.24, 2.45) is 11.3 Å². The van der Waals surface area contributed by atoms with Gasteiger partial charge in [0.2, 0.25) is 5.91 Å². The minimum Gasteiger partial charge on any atom is -0.356 e. The highest BCUT2D eigenvalue weighted by Crippen LogP contribution is 2.42. The molecule has 0 bridgehead atoms. The molecule has 3 nitrogen and oxygen atoms in total. The summed E-state index contributed by atoms with van der Waals surface area (Å²) in [6.45, 7) is 4.89. The lowest BCUT2D eigenvalue weighted by Crippen LogP contribution is -2.37. The van der Waals surface area contributed by atoms with Crippen molar-refractivity contribution < 1.29 is 13.6 Å². The zero-order valence-corrected chi connectivity index (χ0v) is 11.5. The molecule has 3 rings (SSSR count). The van der Waals surface area contributed by atoms with Crippen molar-refractivity contribution >= 4 is 5.91 Å². The predicted octanol–water partition coefficient (Wildman–Crippen LogP) is 1.92. The van der Waals surface area contributed by atoms with Gasteiger partial charge in [-0.2, -0.15) is 0 Å². The molecular weight excluding hydrogens is 262 g/mol. The van der Waals surface area contributed by atoms with Crippen molar-refractivity contribution in [3.8, 4) is 0 Å². The highest BCUT2D eigenvalue weighted by molar-refractivity contribution is 5.85. The smallest absolute Gasteiger partial charge is 0.227 e. The topological polar surface area (TPSA) is 32.3 Å². The number of benzene rings is 1. The summed E-state index contributed by atoms with van der Waals surface area (Å²) < 4.78 is 26.2. The number of rotatable bonds is 2. The minimum absolute atomic E-state index is 0.137. The molecule has 2 saturated heterocycles. The summed E-state index contributed by atoms with van der Waals surface area (Å²) in [7, 11) is 0. The van der Waals surface area contributed by atoms with E-state index < -0.39 is 11.6 Å². The van der Waals surface area contributed by atoms with E-state index in [0.29, 0.717) is 13.1 Å². The zero-order chi connectivity index (χ0) is 14.3. The zero-order valence-electron chi connectivity index (χ0n) is 11.5. The second-order valence-corrected chi connectivity index (χ2v) is 5.98. The molecule has 2 fully saturated rings. The number of carbonyl (C=O) groups is 1. The van der Waals surface area contributed by atoms with Crippen LogP contribution in [0.25, 0.3) is 0 Å². The van der Waals surface area contributed by atoms with Gasteiger partial charge in [0.25, 0.3) is 0 Å². The average molecular weight is 280 g/mol. The summed E-state index contributed by atoms with van der Waals surface area (Å²) in [5, 5.41) is 2.91. The first-order valence-electron chi connectivity index (χ1n) is 6.96.